The van der Waals surface area contributed by atoms with E-state index in [0.29, 0.717) is 0 Å². The molecule has 0 bridgehead atoms. The van der Waals surface area contributed by atoms with Gasteiger partial charge in [-0.3, -0.25) is 14.7 Å². The summed E-state index contributed by atoms with van der Waals surface area (Å²) in [4.78, 5) is 19.9. The Labute approximate surface area is 108 Å². The minimum absolute atomic E-state index is 0.0542. The van der Waals surface area contributed by atoms with E-state index in [4.69, 9.17) is 5.73 Å². The smallest absolute Gasteiger partial charge is 0.239 e. The normalized spacial score (nSPS) is 18.7. The summed E-state index contributed by atoms with van der Waals surface area (Å²) in [6.45, 7) is 6.01. The fraction of sp³-hybridized carbons (Fsp3) is 0.538. The minimum atomic E-state index is -0.392. The van der Waals surface area contributed by atoms with Gasteiger partial charge in [0.05, 0.1) is 6.04 Å². The average molecular weight is 248 g/mol. The monoisotopic (exact) mass is 248 g/mol. The van der Waals surface area contributed by atoms with Crippen LogP contribution in [0.5, 0.6) is 0 Å². The Bertz CT molecular complexity index is 385. The number of aromatic nitrogens is 1. The Morgan fingerprint density at radius 1 is 1.33 bits per heavy atom. The molecule has 5 nitrogen and oxygen atoms in total. The van der Waals surface area contributed by atoms with Crippen LogP contribution in [0.25, 0.3) is 0 Å². The Morgan fingerprint density at radius 2 is 1.94 bits per heavy atom. The van der Waals surface area contributed by atoms with Crippen molar-refractivity contribution in [3.8, 4) is 0 Å². The molecule has 0 saturated carbocycles. The molecule has 1 saturated heterocycles. The molecule has 98 valence electrons. The topological polar surface area (TPSA) is 62.5 Å². The molecule has 1 aromatic rings. The zero-order valence-corrected chi connectivity index (χ0v) is 10.7. The molecule has 0 aromatic carbocycles. The van der Waals surface area contributed by atoms with Crippen LogP contribution in [0.4, 0.5) is 0 Å². The lowest BCUT2D eigenvalue weighted by molar-refractivity contribution is -0.134. The minimum Gasteiger partial charge on any atom is -0.339 e. The first-order valence-electron chi connectivity index (χ1n) is 6.32. The Hall–Kier alpha value is -1.46. The third kappa shape index (κ3) is 3.27. The largest absolute Gasteiger partial charge is 0.339 e. The fourth-order valence-electron chi connectivity index (χ4n) is 2.16. The van der Waals surface area contributed by atoms with Crippen molar-refractivity contribution < 1.29 is 4.79 Å². The van der Waals surface area contributed by atoms with Gasteiger partial charge in [0, 0.05) is 45.1 Å². The number of hydrogen-bond acceptors (Lipinski definition) is 4. The van der Waals surface area contributed by atoms with Gasteiger partial charge in [-0.2, -0.15) is 0 Å². The van der Waals surface area contributed by atoms with Gasteiger partial charge in [-0.15, -0.1) is 0 Å². The summed E-state index contributed by atoms with van der Waals surface area (Å²) in [6, 6.07) is 3.66. The number of amides is 1. The van der Waals surface area contributed by atoms with Crippen molar-refractivity contribution >= 4 is 5.91 Å². The summed E-state index contributed by atoms with van der Waals surface area (Å²) >= 11 is 0. The van der Waals surface area contributed by atoms with Crippen molar-refractivity contribution in [1.29, 1.82) is 0 Å². The van der Waals surface area contributed by atoms with E-state index >= 15 is 0 Å². The molecule has 2 rings (SSSR count). The lowest BCUT2D eigenvalue weighted by Gasteiger charge is -2.35. The van der Waals surface area contributed by atoms with Crippen LogP contribution >= 0.6 is 0 Å². The number of nitrogens with zero attached hydrogens (tertiary/aromatic N) is 3. The molecule has 0 radical (unpaired) electrons. The lowest BCUT2D eigenvalue weighted by Crippen LogP contribution is -2.52. The van der Waals surface area contributed by atoms with Gasteiger partial charge in [-0.1, -0.05) is 0 Å². The first-order chi connectivity index (χ1) is 8.66. The van der Waals surface area contributed by atoms with E-state index in [1.807, 2.05) is 29.4 Å². The van der Waals surface area contributed by atoms with Crippen molar-refractivity contribution in [2.75, 3.05) is 26.2 Å². The Morgan fingerprint density at radius 3 is 2.50 bits per heavy atom. The molecule has 1 atom stereocenters. The molecular formula is C13H20N4O. The van der Waals surface area contributed by atoms with Gasteiger partial charge in [0.15, 0.2) is 0 Å². The van der Waals surface area contributed by atoms with Gasteiger partial charge in [-0.05, 0) is 24.6 Å². The van der Waals surface area contributed by atoms with Crippen LogP contribution in [0, 0.1) is 0 Å². The summed E-state index contributed by atoms with van der Waals surface area (Å²) < 4.78 is 0. The van der Waals surface area contributed by atoms with E-state index in [9.17, 15) is 4.79 Å². The third-order valence-corrected chi connectivity index (χ3v) is 3.23. The predicted octanol–water partition coefficient (Wildman–Crippen LogP) is 0.0730. The SMILES string of the molecule is C[C@@H](N)C(=O)N1CCN(Cc2ccncc2)CC1. The molecule has 2 heterocycles. The van der Waals surface area contributed by atoms with Gasteiger partial charge in [-0.25, -0.2) is 0 Å². The number of carbonyl (C=O) groups is 1. The summed E-state index contributed by atoms with van der Waals surface area (Å²) in [5, 5.41) is 0. The van der Waals surface area contributed by atoms with Crippen LogP contribution in [0.3, 0.4) is 0 Å². The van der Waals surface area contributed by atoms with E-state index in [-0.39, 0.29) is 5.91 Å². The second-order valence-corrected chi connectivity index (χ2v) is 4.75. The standard InChI is InChI=1S/C13H20N4O/c1-11(14)13(18)17-8-6-16(7-9-17)10-12-2-4-15-5-3-12/h2-5,11H,6-10,14H2,1H3/t11-/m1/s1. The summed E-state index contributed by atoms with van der Waals surface area (Å²) in [5.41, 5.74) is 6.87. The first-order valence-corrected chi connectivity index (χ1v) is 6.32. The van der Waals surface area contributed by atoms with Gasteiger partial charge in [0.2, 0.25) is 5.91 Å². The third-order valence-electron chi connectivity index (χ3n) is 3.23. The van der Waals surface area contributed by atoms with Crippen molar-refractivity contribution in [2.45, 2.75) is 19.5 Å². The Kier molecular flexibility index (Phi) is 4.28. The summed E-state index contributed by atoms with van der Waals surface area (Å²) in [6.07, 6.45) is 3.62. The highest BCUT2D eigenvalue weighted by Crippen LogP contribution is 2.08. The molecule has 5 heteroatoms. The van der Waals surface area contributed by atoms with Crippen LogP contribution < -0.4 is 5.73 Å². The first kappa shape index (κ1) is 13.0. The van der Waals surface area contributed by atoms with Crippen LogP contribution in [0.2, 0.25) is 0 Å². The molecule has 0 spiro atoms. The molecule has 2 N–H and O–H groups in total. The van der Waals surface area contributed by atoms with E-state index in [1.165, 1.54) is 5.56 Å². The molecule has 1 aromatic heterocycles. The van der Waals surface area contributed by atoms with Gasteiger partial charge in [0.25, 0.3) is 0 Å². The maximum atomic E-state index is 11.7. The molecule has 1 aliphatic rings. The van der Waals surface area contributed by atoms with Crippen LogP contribution in [0.15, 0.2) is 24.5 Å². The van der Waals surface area contributed by atoms with Gasteiger partial charge >= 0.3 is 0 Å². The number of carbonyl (C=O) groups excluding carboxylic acids is 1. The molecule has 1 fully saturated rings. The number of rotatable bonds is 3. The lowest BCUT2D eigenvalue weighted by atomic mass is 10.2. The quantitative estimate of drug-likeness (QED) is 0.822. The Balaban J connectivity index is 1.82. The van der Waals surface area contributed by atoms with Crippen LogP contribution in [-0.2, 0) is 11.3 Å². The van der Waals surface area contributed by atoms with E-state index < -0.39 is 6.04 Å². The highest BCUT2D eigenvalue weighted by Gasteiger charge is 2.22. The molecule has 1 amide bonds. The van der Waals surface area contributed by atoms with E-state index in [2.05, 4.69) is 9.88 Å². The molecular weight excluding hydrogens is 228 g/mol. The van der Waals surface area contributed by atoms with Crippen molar-refractivity contribution in [3.63, 3.8) is 0 Å². The van der Waals surface area contributed by atoms with Gasteiger partial charge < -0.3 is 10.6 Å². The van der Waals surface area contributed by atoms with Crippen LogP contribution in [0.1, 0.15) is 12.5 Å². The number of pyridine rings is 1. The van der Waals surface area contributed by atoms with Crippen molar-refractivity contribution in [1.82, 2.24) is 14.8 Å². The van der Waals surface area contributed by atoms with Gasteiger partial charge in [0.1, 0.15) is 0 Å². The van der Waals surface area contributed by atoms with E-state index in [1.54, 1.807) is 6.92 Å². The molecule has 0 aliphatic carbocycles. The highest BCUT2D eigenvalue weighted by molar-refractivity contribution is 5.81. The fourth-order valence-corrected chi connectivity index (χ4v) is 2.16. The average Bonchev–Trinajstić information content (AvgIpc) is 2.40. The van der Waals surface area contributed by atoms with Crippen molar-refractivity contribution in [3.05, 3.63) is 30.1 Å². The molecule has 1 aliphatic heterocycles. The predicted molar refractivity (Wildman–Crippen MR) is 69.7 cm³/mol. The highest BCUT2D eigenvalue weighted by atomic mass is 16.2. The maximum Gasteiger partial charge on any atom is 0.239 e. The maximum absolute atomic E-state index is 11.7. The summed E-state index contributed by atoms with van der Waals surface area (Å²) in [5.74, 6) is 0.0542. The number of piperazine rings is 1. The number of hydrogen-bond donors (Lipinski definition) is 1. The summed E-state index contributed by atoms with van der Waals surface area (Å²) in [7, 11) is 0. The van der Waals surface area contributed by atoms with Crippen molar-refractivity contribution in [2.24, 2.45) is 5.73 Å². The second kappa shape index (κ2) is 5.93. The molecule has 0 unspecified atom stereocenters. The van der Waals surface area contributed by atoms with Crippen LogP contribution in [-0.4, -0.2) is 52.9 Å². The van der Waals surface area contributed by atoms with E-state index in [0.717, 1.165) is 32.7 Å². The zero-order valence-electron chi connectivity index (χ0n) is 10.7. The number of nitrogens with two attached hydrogens (primary N) is 1. The zero-order chi connectivity index (χ0) is 13.0. The molecule has 18 heavy (non-hydrogen) atoms. The second-order valence-electron chi connectivity index (χ2n) is 4.75.